The molecule has 0 aliphatic carbocycles. The van der Waals surface area contributed by atoms with Gasteiger partial charge in [-0.25, -0.2) is 0 Å². The lowest BCUT2D eigenvalue weighted by Gasteiger charge is -2.17. The first kappa shape index (κ1) is 20.2. The standard InChI is InChI=1S/C25H32N2O/c1-4-6-9-16-26-25(28)17-22(20-14-12-19(3)13-15-20)23-18-27(5-2)24-11-8-7-10-21(23)24/h7-8,10-15,18,22H,4-6,9,16-17H2,1-3H3,(H,26,28). The summed E-state index contributed by atoms with van der Waals surface area (Å²) >= 11 is 0. The molecule has 0 fully saturated rings. The predicted molar refractivity (Wildman–Crippen MR) is 118 cm³/mol. The topological polar surface area (TPSA) is 34.0 Å². The van der Waals surface area contributed by atoms with Gasteiger partial charge in [0, 0.05) is 42.5 Å². The van der Waals surface area contributed by atoms with E-state index in [1.165, 1.54) is 34.0 Å². The van der Waals surface area contributed by atoms with Gasteiger partial charge in [-0.1, -0.05) is 67.8 Å². The number of benzene rings is 2. The number of hydrogen-bond donors (Lipinski definition) is 1. The molecule has 1 N–H and O–H groups in total. The van der Waals surface area contributed by atoms with Crippen LogP contribution in [0.25, 0.3) is 10.9 Å². The Morgan fingerprint density at radius 2 is 1.79 bits per heavy atom. The largest absolute Gasteiger partial charge is 0.356 e. The highest BCUT2D eigenvalue weighted by atomic mass is 16.1. The summed E-state index contributed by atoms with van der Waals surface area (Å²) in [5.74, 6) is 0.194. The van der Waals surface area contributed by atoms with E-state index < -0.39 is 0 Å². The summed E-state index contributed by atoms with van der Waals surface area (Å²) < 4.78 is 2.28. The van der Waals surface area contributed by atoms with Crippen molar-refractivity contribution >= 4 is 16.8 Å². The van der Waals surface area contributed by atoms with Crippen LogP contribution in [0, 0.1) is 6.92 Å². The number of fused-ring (bicyclic) bond motifs is 1. The number of carbonyl (C=O) groups excluding carboxylic acids is 1. The van der Waals surface area contributed by atoms with E-state index in [9.17, 15) is 4.79 Å². The molecule has 28 heavy (non-hydrogen) atoms. The normalized spacial score (nSPS) is 12.2. The summed E-state index contributed by atoms with van der Waals surface area (Å²) in [6.45, 7) is 8.13. The third-order valence-electron chi connectivity index (χ3n) is 5.51. The van der Waals surface area contributed by atoms with Crippen LogP contribution in [0.3, 0.4) is 0 Å². The molecule has 1 amide bonds. The molecule has 0 saturated heterocycles. The van der Waals surface area contributed by atoms with Crippen molar-refractivity contribution < 1.29 is 4.79 Å². The van der Waals surface area contributed by atoms with Crippen LogP contribution in [0.2, 0.25) is 0 Å². The Morgan fingerprint density at radius 3 is 2.50 bits per heavy atom. The highest BCUT2D eigenvalue weighted by Crippen LogP contribution is 2.35. The number of rotatable bonds is 9. The van der Waals surface area contributed by atoms with E-state index in [0.717, 1.165) is 25.9 Å². The number of carbonyl (C=O) groups is 1. The zero-order valence-corrected chi connectivity index (χ0v) is 17.4. The zero-order valence-electron chi connectivity index (χ0n) is 17.4. The fourth-order valence-electron chi connectivity index (χ4n) is 3.88. The van der Waals surface area contributed by atoms with Crippen molar-refractivity contribution in [1.82, 2.24) is 9.88 Å². The van der Waals surface area contributed by atoms with Gasteiger partial charge in [0.15, 0.2) is 0 Å². The van der Waals surface area contributed by atoms with Crippen molar-refractivity contribution in [3.8, 4) is 0 Å². The summed E-state index contributed by atoms with van der Waals surface area (Å²) in [4.78, 5) is 12.7. The quantitative estimate of drug-likeness (QED) is 0.471. The molecule has 1 heterocycles. The Morgan fingerprint density at radius 1 is 1.04 bits per heavy atom. The first-order chi connectivity index (χ1) is 13.6. The van der Waals surface area contributed by atoms with Gasteiger partial charge in [-0.15, -0.1) is 0 Å². The molecule has 3 nitrogen and oxygen atoms in total. The van der Waals surface area contributed by atoms with E-state index in [-0.39, 0.29) is 11.8 Å². The number of aryl methyl sites for hydroxylation is 2. The maximum absolute atomic E-state index is 12.7. The minimum Gasteiger partial charge on any atom is -0.356 e. The van der Waals surface area contributed by atoms with Gasteiger partial charge in [-0.2, -0.15) is 0 Å². The highest BCUT2D eigenvalue weighted by Gasteiger charge is 2.22. The molecule has 1 unspecified atom stereocenters. The lowest BCUT2D eigenvalue weighted by Crippen LogP contribution is -2.26. The first-order valence-electron chi connectivity index (χ1n) is 10.5. The highest BCUT2D eigenvalue weighted by molar-refractivity contribution is 5.86. The fourth-order valence-corrected chi connectivity index (χ4v) is 3.88. The minimum atomic E-state index is 0.0597. The van der Waals surface area contributed by atoms with Gasteiger partial charge >= 0.3 is 0 Å². The molecule has 0 bridgehead atoms. The van der Waals surface area contributed by atoms with Crippen molar-refractivity contribution in [1.29, 1.82) is 0 Å². The summed E-state index contributed by atoms with van der Waals surface area (Å²) in [6, 6.07) is 17.1. The van der Waals surface area contributed by atoms with Crippen molar-refractivity contribution in [2.45, 2.75) is 58.9 Å². The average molecular weight is 377 g/mol. The SMILES string of the molecule is CCCCCNC(=O)CC(c1ccc(C)cc1)c1cn(CC)c2ccccc12. The fraction of sp³-hybridized carbons (Fsp3) is 0.400. The second-order valence-electron chi connectivity index (χ2n) is 7.61. The maximum Gasteiger partial charge on any atom is 0.220 e. The van der Waals surface area contributed by atoms with Gasteiger partial charge in [0.05, 0.1) is 0 Å². The molecule has 1 aromatic heterocycles. The van der Waals surface area contributed by atoms with Crippen molar-refractivity contribution in [2.24, 2.45) is 0 Å². The van der Waals surface area contributed by atoms with Crippen LogP contribution in [-0.4, -0.2) is 17.0 Å². The molecule has 3 aromatic rings. The maximum atomic E-state index is 12.7. The van der Waals surface area contributed by atoms with E-state index in [1.54, 1.807) is 0 Å². The van der Waals surface area contributed by atoms with Crippen LogP contribution < -0.4 is 5.32 Å². The molecule has 0 spiro atoms. The van der Waals surface area contributed by atoms with Gasteiger partial charge in [0.1, 0.15) is 0 Å². The summed E-state index contributed by atoms with van der Waals surface area (Å²) in [7, 11) is 0. The van der Waals surface area contributed by atoms with Gasteiger partial charge in [-0.3, -0.25) is 4.79 Å². The van der Waals surface area contributed by atoms with Gasteiger partial charge in [0.25, 0.3) is 0 Å². The Hall–Kier alpha value is -2.55. The summed E-state index contributed by atoms with van der Waals surface area (Å²) in [6.07, 6.45) is 6.09. The number of amides is 1. The van der Waals surface area contributed by atoms with E-state index in [1.807, 2.05) is 0 Å². The van der Waals surface area contributed by atoms with Crippen LogP contribution >= 0.6 is 0 Å². The van der Waals surface area contributed by atoms with E-state index in [4.69, 9.17) is 0 Å². The number of nitrogens with one attached hydrogen (secondary N) is 1. The van der Waals surface area contributed by atoms with E-state index in [2.05, 4.69) is 85.4 Å². The van der Waals surface area contributed by atoms with Crippen LogP contribution in [0.1, 0.15) is 62.1 Å². The predicted octanol–water partition coefficient (Wildman–Crippen LogP) is 5.80. The molecule has 2 aromatic carbocycles. The second kappa shape index (κ2) is 9.59. The monoisotopic (exact) mass is 376 g/mol. The second-order valence-corrected chi connectivity index (χ2v) is 7.61. The molecule has 0 aliphatic heterocycles. The Balaban J connectivity index is 1.93. The third kappa shape index (κ3) is 4.64. The number of para-hydroxylation sites is 1. The van der Waals surface area contributed by atoms with E-state index in [0.29, 0.717) is 6.42 Å². The van der Waals surface area contributed by atoms with Crippen LogP contribution in [0.15, 0.2) is 54.7 Å². The van der Waals surface area contributed by atoms with E-state index >= 15 is 0 Å². The molecule has 0 saturated carbocycles. The minimum absolute atomic E-state index is 0.0597. The smallest absolute Gasteiger partial charge is 0.220 e. The first-order valence-corrected chi connectivity index (χ1v) is 10.5. The summed E-state index contributed by atoms with van der Waals surface area (Å²) in [5.41, 5.74) is 4.92. The third-order valence-corrected chi connectivity index (χ3v) is 5.51. The molecule has 1 atom stereocenters. The average Bonchev–Trinajstić information content (AvgIpc) is 3.09. The number of nitrogens with zero attached hydrogens (tertiary/aromatic N) is 1. The zero-order chi connectivity index (χ0) is 19.9. The molecular weight excluding hydrogens is 344 g/mol. The number of unbranched alkanes of at least 4 members (excludes halogenated alkanes) is 2. The lowest BCUT2D eigenvalue weighted by atomic mass is 9.87. The van der Waals surface area contributed by atoms with Crippen LogP contribution in [0.5, 0.6) is 0 Å². The number of aromatic nitrogens is 1. The van der Waals surface area contributed by atoms with Gasteiger partial charge in [0.2, 0.25) is 5.91 Å². The van der Waals surface area contributed by atoms with Crippen LogP contribution in [-0.2, 0) is 11.3 Å². The summed E-state index contributed by atoms with van der Waals surface area (Å²) in [5, 5.41) is 4.37. The Kier molecular flexibility index (Phi) is 6.91. The molecule has 3 rings (SSSR count). The molecule has 0 radical (unpaired) electrons. The van der Waals surface area contributed by atoms with Gasteiger partial charge < -0.3 is 9.88 Å². The molecule has 0 aliphatic rings. The van der Waals surface area contributed by atoms with Crippen molar-refractivity contribution in [3.05, 3.63) is 71.4 Å². The lowest BCUT2D eigenvalue weighted by molar-refractivity contribution is -0.121. The van der Waals surface area contributed by atoms with Gasteiger partial charge in [-0.05, 0) is 37.5 Å². The molecule has 148 valence electrons. The molecule has 3 heteroatoms. The Labute approximate surface area is 168 Å². The number of hydrogen-bond acceptors (Lipinski definition) is 1. The van der Waals surface area contributed by atoms with Crippen LogP contribution in [0.4, 0.5) is 0 Å². The molecular formula is C25H32N2O. The van der Waals surface area contributed by atoms with Crippen molar-refractivity contribution in [2.75, 3.05) is 6.54 Å². The van der Waals surface area contributed by atoms with Crippen molar-refractivity contribution in [3.63, 3.8) is 0 Å². The Bertz CT molecular complexity index is 908.